The van der Waals surface area contributed by atoms with E-state index in [0.717, 1.165) is 33.8 Å². The van der Waals surface area contributed by atoms with Gasteiger partial charge in [0.15, 0.2) is 0 Å². The first-order valence-electron chi connectivity index (χ1n) is 6.70. The average Bonchev–Trinajstić information content (AvgIpc) is 2.42. The third-order valence-electron chi connectivity index (χ3n) is 3.48. The molecule has 0 saturated carbocycles. The van der Waals surface area contributed by atoms with Crippen molar-refractivity contribution in [1.82, 2.24) is 9.97 Å². The first-order valence-corrected chi connectivity index (χ1v) is 6.70. The van der Waals surface area contributed by atoms with Gasteiger partial charge < -0.3 is 10.5 Å². The zero-order chi connectivity index (χ0) is 14.7. The van der Waals surface area contributed by atoms with Crippen LogP contribution >= 0.6 is 0 Å². The van der Waals surface area contributed by atoms with Crippen LogP contribution in [0.3, 0.4) is 0 Å². The van der Waals surface area contributed by atoms with E-state index in [1.807, 2.05) is 39.1 Å². The van der Waals surface area contributed by atoms with Gasteiger partial charge in [-0.2, -0.15) is 0 Å². The summed E-state index contributed by atoms with van der Waals surface area (Å²) in [5.74, 6) is 0.888. The van der Waals surface area contributed by atoms with E-state index in [-0.39, 0.29) is 6.04 Å². The molecule has 1 unspecified atom stereocenters. The van der Waals surface area contributed by atoms with E-state index >= 15 is 0 Å². The average molecular weight is 271 g/mol. The van der Waals surface area contributed by atoms with Gasteiger partial charge in [0.05, 0.1) is 18.8 Å². The van der Waals surface area contributed by atoms with Crippen LogP contribution in [0, 0.1) is 20.8 Å². The van der Waals surface area contributed by atoms with E-state index in [9.17, 15) is 0 Å². The van der Waals surface area contributed by atoms with Gasteiger partial charge in [-0.3, -0.25) is 9.97 Å². The van der Waals surface area contributed by atoms with E-state index in [4.69, 9.17) is 10.5 Å². The van der Waals surface area contributed by atoms with E-state index < -0.39 is 0 Å². The highest BCUT2D eigenvalue weighted by Crippen LogP contribution is 2.26. The van der Waals surface area contributed by atoms with Crippen LogP contribution in [-0.4, -0.2) is 17.1 Å². The molecule has 0 aliphatic rings. The highest BCUT2D eigenvalue weighted by Gasteiger charge is 2.14. The molecular weight excluding hydrogens is 250 g/mol. The lowest BCUT2D eigenvalue weighted by Crippen LogP contribution is -2.16. The van der Waals surface area contributed by atoms with Crippen molar-refractivity contribution in [2.45, 2.75) is 33.2 Å². The van der Waals surface area contributed by atoms with Gasteiger partial charge in [0, 0.05) is 35.6 Å². The molecule has 0 radical (unpaired) electrons. The second-order valence-electron chi connectivity index (χ2n) is 5.11. The Labute approximate surface area is 120 Å². The molecule has 0 aliphatic carbocycles. The zero-order valence-corrected chi connectivity index (χ0v) is 12.5. The smallest absolute Gasteiger partial charge is 0.128 e. The van der Waals surface area contributed by atoms with Gasteiger partial charge in [0.2, 0.25) is 0 Å². The monoisotopic (exact) mass is 271 g/mol. The van der Waals surface area contributed by atoms with Crippen LogP contribution in [-0.2, 0) is 6.42 Å². The number of hydrogen-bond donors (Lipinski definition) is 1. The van der Waals surface area contributed by atoms with Crippen molar-refractivity contribution in [3.63, 3.8) is 0 Å². The minimum atomic E-state index is -0.159. The van der Waals surface area contributed by atoms with Gasteiger partial charge in [0.25, 0.3) is 0 Å². The molecule has 2 aromatic rings. The Morgan fingerprint density at radius 3 is 2.65 bits per heavy atom. The molecule has 2 aromatic heterocycles. The standard InChI is InChI=1S/C16H21N3O/c1-10-5-6-18-15(7-10)13(17)8-14-12(3)16(20-4)11(2)9-19-14/h5-7,9,13H,8,17H2,1-4H3. The molecule has 0 bridgehead atoms. The third-order valence-corrected chi connectivity index (χ3v) is 3.48. The van der Waals surface area contributed by atoms with Crippen molar-refractivity contribution in [3.05, 3.63) is 52.6 Å². The number of hydrogen-bond acceptors (Lipinski definition) is 4. The summed E-state index contributed by atoms with van der Waals surface area (Å²) in [6.45, 7) is 6.05. The van der Waals surface area contributed by atoms with Gasteiger partial charge in [0.1, 0.15) is 5.75 Å². The molecule has 1 atom stereocenters. The second kappa shape index (κ2) is 6.01. The molecule has 0 spiro atoms. The topological polar surface area (TPSA) is 61.0 Å². The Morgan fingerprint density at radius 2 is 2.00 bits per heavy atom. The Bertz CT molecular complexity index is 611. The highest BCUT2D eigenvalue weighted by atomic mass is 16.5. The summed E-state index contributed by atoms with van der Waals surface area (Å²) in [7, 11) is 1.68. The predicted octanol–water partition coefficient (Wildman–Crippen LogP) is 2.65. The Hall–Kier alpha value is -1.94. The van der Waals surface area contributed by atoms with Crippen LogP contribution in [0.1, 0.15) is 34.1 Å². The van der Waals surface area contributed by atoms with Crippen molar-refractivity contribution < 1.29 is 4.74 Å². The normalized spacial score (nSPS) is 12.2. The maximum Gasteiger partial charge on any atom is 0.128 e. The van der Waals surface area contributed by atoms with E-state index in [2.05, 4.69) is 9.97 Å². The summed E-state index contributed by atoms with van der Waals surface area (Å²) in [6, 6.07) is 3.83. The van der Waals surface area contributed by atoms with Crippen LogP contribution in [0.15, 0.2) is 24.5 Å². The minimum Gasteiger partial charge on any atom is -0.496 e. The van der Waals surface area contributed by atoms with Crippen molar-refractivity contribution in [3.8, 4) is 5.75 Å². The van der Waals surface area contributed by atoms with Crippen LogP contribution in [0.2, 0.25) is 0 Å². The molecule has 2 rings (SSSR count). The van der Waals surface area contributed by atoms with Crippen molar-refractivity contribution in [2.24, 2.45) is 5.73 Å². The van der Waals surface area contributed by atoms with E-state index in [1.54, 1.807) is 13.3 Å². The first-order chi connectivity index (χ1) is 9.52. The van der Waals surface area contributed by atoms with Gasteiger partial charge in [-0.1, -0.05) is 0 Å². The SMILES string of the molecule is COc1c(C)cnc(CC(N)c2cc(C)ccn2)c1C. The predicted molar refractivity (Wildman–Crippen MR) is 79.9 cm³/mol. The molecule has 106 valence electrons. The number of nitrogens with two attached hydrogens (primary N) is 1. The fourth-order valence-electron chi connectivity index (χ4n) is 2.35. The second-order valence-corrected chi connectivity index (χ2v) is 5.11. The maximum atomic E-state index is 6.25. The molecule has 2 N–H and O–H groups in total. The Kier molecular flexibility index (Phi) is 4.35. The van der Waals surface area contributed by atoms with E-state index in [0.29, 0.717) is 6.42 Å². The third kappa shape index (κ3) is 2.96. The number of rotatable bonds is 4. The Balaban J connectivity index is 2.26. The molecule has 4 nitrogen and oxygen atoms in total. The molecular formula is C16H21N3O. The number of aromatic nitrogens is 2. The lowest BCUT2D eigenvalue weighted by molar-refractivity contribution is 0.406. The van der Waals surface area contributed by atoms with Gasteiger partial charge in [-0.15, -0.1) is 0 Å². The number of aryl methyl sites for hydroxylation is 2. The van der Waals surface area contributed by atoms with Gasteiger partial charge in [-0.05, 0) is 38.5 Å². The first kappa shape index (κ1) is 14.5. The Morgan fingerprint density at radius 1 is 1.25 bits per heavy atom. The fourth-order valence-corrected chi connectivity index (χ4v) is 2.35. The number of ether oxygens (including phenoxy) is 1. The highest BCUT2D eigenvalue weighted by molar-refractivity contribution is 5.41. The molecule has 0 saturated heterocycles. The van der Waals surface area contributed by atoms with Gasteiger partial charge in [-0.25, -0.2) is 0 Å². The molecule has 4 heteroatoms. The van der Waals surface area contributed by atoms with Crippen molar-refractivity contribution in [1.29, 1.82) is 0 Å². The van der Waals surface area contributed by atoms with Crippen LogP contribution in [0.5, 0.6) is 5.75 Å². The number of nitrogens with zero attached hydrogens (tertiary/aromatic N) is 2. The number of methoxy groups -OCH3 is 1. The summed E-state index contributed by atoms with van der Waals surface area (Å²) in [4.78, 5) is 8.83. The fraction of sp³-hybridized carbons (Fsp3) is 0.375. The molecule has 0 aromatic carbocycles. The lowest BCUT2D eigenvalue weighted by atomic mass is 10.0. The summed E-state index contributed by atoms with van der Waals surface area (Å²) in [5, 5.41) is 0. The lowest BCUT2D eigenvalue weighted by Gasteiger charge is -2.15. The van der Waals surface area contributed by atoms with E-state index in [1.165, 1.54) is 0 Å². The zero-order valence-electron chi connectivity index (χ0n) is 12.5. The van der Waals surface area contributed by atoms with Gasteiger partial charge >= 0.3 is 0 Å². The molecule has 0 amide bonds. The minimum absolute atomic E-state index is 0.159. The molecule has 20 heavy (non-hydrogen) atoms. The maximum absolute atomic E-state index is 6.25. The van der Waals surface area contributed by atoms with Crippen LogP contribution < -0.4 is 10.5 Å². The molecule has 2 heterocycles. The summed E-state index contributed by atoms with van der Waals surface area (Å²) in [6.07, 6.45) is 4.27. The summed E-state index contributed by atoms with van der Waals surface area (Å²) >= 11 is 0. The van der Waals surface area contributed by atoms with Crippen LogP contribution in [0.4, 0.5) is 0 Å². The summed E-state index contributed by atoms with van der Waals surface area (Å²) < 4.78 is 5.43. The summed E-state index contributed by atoms with van der Waals surface area (Å²) in [5.41, 5.74) is 11.4. The van der Waals surface area contributed by atoms with Crippen molar-refractivity contribution in [2.75, 3.05) is 7.11 Å². The van der Waals surface area contributed by atoms with Crippen LogP contribution in [0.25, 0.3) is 0 Å². The molecule has 0 fully saturated rings. The van der Waals surface area contributed by atoms with Crippen molar-refractivity contribution >= 4 is 0 Å². The molecule has 0 aliphatic heterocycles. The number of pyridine rings is 2. The quantitative estimate of drug-likeness (QED) is 0.928. The largest absolute Gasteiger partial charge is 0.496 e.